The van der Waals surface area contributed by atoms with Crippen molar-refractivity contribution in [2.45, 2.75) is 6.42 Å². The minimum absolute atomic E-state index is 0.720. The topological polar surface area (TPSA) is 24.9 Å². The van der Waals surface area contributed by atoms with Crippen LogP contribution in [0.2, 0.25) is 0 Å². The van der Waals surface area contributed by atoms with E-state index in [2.05, 4.69) is 32.2 Å². The lowest BCUT2D eigenvalue weighted by Gasteiger charge is -2.01. The Labute approximate surface area is 80.5 Å². The van der Waals surface area contributed by atoms with E-state index in [0.717, 1.165) is 23.3 Å². The predicted octanol–water partition coefficient (Wildman–Crippen LogP) is 2.28. The Morgan fingerprint density at radius 3 is 3.00 bits per heavy atom. The zero-order valence-corrected chi connectivity index (χ0v) is 8.13. The number of hydrogen-bond acceptors (Lipinski definition) is 2. The van der Waals surface area contributed by atoms with Gasteiger partial charge >= 0.3 is 0 Å². The highest BCUT2D eigenvalue weighted by molar-refractivity contribution is 9.10. The minimum Gasteiger partial charge on any atom is -0.369 e. The van der Waals surface area contributed by atoms with E-state index in [0.29, 0.717) is 0 Å². The highest BCUT2D eigenvalue weighted by Gasteiger charge is 1.90. The molecule has 0 atom stereocenters. The molecule has 0 unspecified atom stereocenters. The van der Waals surface area contributed by atoms with Crippen LogP contribution in [0.1, 0.15) is 6.42 Å². The molecule has 0 saturated carbocycles. The summed E-state index contributed by atoms with van der Waals surface area (Å²) in [4.78, 5) is 4.12. The van der Waals surface area contributed by atoms with Crippen molar-refractivity contribution in [3.05, 3.63) is 22.8 Å². The highest BCUT2D eigenvalue weighted by atomic mass is 79.9. The number of nitrogens with zero attached hydrogens (tertiary/aromatic N) is 1. The van der Waals surface area contributed by atoms with Gasteiger partial charge in [0.15, 0.2) is 0 Å². The van der Waals surface area contributed by atoms with Crippen molar-refractivity contribution in [3.63, 3.8) is 0 Å². The van der Waals surface area contributed by atoms with Crippen molar-refractivity contribution in [2.24, 2.45) is 0 Å². The maximum Gasteiger partial charge on any atom is 0.125 e. The van der Waals surface area contributed by atoms with Crippen molar-refractivity contribution in [3.8, 4) is 12.3 Å². The molecule has 1 N–H and O–H groups in total. The number of aromatic nitrogens is 1. The molecule has 0 radical (unpaired) electrons. The van der Waals surface area contributed by atoms with E-state index in [1.54, 1.807) is 6.20 Å². The van der Waals surface area contributed by atoms with E-state index in [1.165, 1.54) is 0 Å². The molecule has 12 heavy (non-hydrogen) atoms. The van der Waals surface area contributed by atoms with E-state index in [-0.39, 0.29) is 0 Å². The van der Waals surface area contributed by atoms with Crippen LogP contribution in [0.4, 0.5) is 5.82 Å². The Hall–Kier alpha value is -1.01. The fourth-order valence-corrected chi connectivity index (χ4v) is 0.978. The Kier molecular flexibility index (Phi) is 3.62. The summed E-state index contributed by atoms with van der Waals surface area (Å²) in [5, 5.41) is 3.10. The van der Waals surface area contributed by atoms with E-state index in [9.17, 15) is 0 Å². The van der Waals surface area contributed by atoms with Gasteiger partial charge in [-0.25, -0.2) is 4.98 Å². The molecule has 1 aromatic rings. The smallest absolute Gasteiger partial charge is 0.125 e. The molecule has 0 aromatic carbocycles. The Balaban J connectivity index is 2.43. The van der Waals surface area contributed by atoms with Crippen LogP contribution in [0.25, 0.3) is 0 Å². The molecule has 3 heteroatoms. The van der Waals surface area contributed by atoms with Crippen LogP contribution >= 0.6 is 15.9 Å². The molecule has 0 amide bonds. The van der Waals surface area contributed by atoms with Gasteiger partial charge in [0.1, 0.15) is 5.82 Å². The second-order valence-electron chi connectivity index (χ2n) is 2.24. The molecular weight excluding hydrogens is 216 g/mol. The van der Waals surface area contributed by atoms with Crippen LogP contribution in [0.15, 0.2) is 22.8 Å². The lowest BCUT2D eigenvalue weighted by molar-refractivity contribution is 1.07. The van der Waals surface area contributed by atoms with Crippen molar-refractivity contribution in [2.75, 3.05) is 11.9 Å². The van der Waals surface area contributed by atoms with Gasteiger partial charge in [-0.05, 0) is 28.1 Å². The number of terminal acetylenes is 1. The van der Waals surface area contributed by atoms with Crippen LogP contribution in [0.3, 0.4) is 0 Å². The molecule has 1 heterocycles. The molecule has 0 aliphatic carbocycles. The van der Waals surface area contributed by atoms with Gasteiger partial charge in [0.2, 0.25) is 0 Å². The molecule has 62 valence electrons. The third-order valence-corrected chi connectivity index (χ3v) is 1.77. The predicted molar refractivity (Wildman–Crippen MR) is 53.9 cm³/mol. The SMILES string of the molecule is C#CCCNc1ccc(Br)cn1. The van der Waals surface area contributed by atoms with Gasteiger partial charge in [-0.15, -0.1) is 12.3 Å². The lowest BCUT2D eigenvalue weighted by Crippen LogP contribution is -2.01. The van der Waals surface area contributed by atoms with Crippen LogP contribution < -0.4 is 5.32 Å². The maximum absolute atomic E-state index is 5.10. The Morgan fingerprint density at radius 1 is 1.58 bits per heavy atom. The summed E-state index contributed by atoms with van der Waals surface area (Å²) in [7, 11) is 0. The summed E-state index contributed by atoms with van der Waals surface area (Å²) in [6, 6.07) is 3.84. The summed E-state index contributed by atoms with van der Waals surface area (Å²) in [6.07, 6.45) is 7.57. The number of halogens is 1. The zero-order valence-electron chi connectivity index (χ0n) is 6.55. The van der Waals surface area contributed by atoms with Gasteiger partial charge in [-0.2, -0.15) is 0 Å². The molecule has 0 spiro atoms. The van der Waals surface area contributed by atoms with Gasteiger partial charge in [-0.3, -0.25) is 0 Å². The molecule has 0 fully saturated rings. The fourth-order valence-electron chi connectivity index (χ4n) is 0.743. The normalized spacial score (nSPS) is 9.00. The van der Waals surface area contributed by atoms with E-state index in [1.807, 2.05) is 12.1 Å². The van der Waals surface area contributed by atoms with Crippen LogP contribution in [0.5, 0.6) is 0 Å². The van der Waals surface area contributed by atoms with Crippen molar-refractivity contribution >= 4 is 21.7 Å². The standard InChI is InChI=1S/C9H9BrN2/c1-2-3-6-11-9-5-4-8(10)7-12-9/h1,4-5,7H,3,6H2,(H,11,12). The average molecular weight is 225 g/mol. The molecule has 0 aliphatic rings. The average Bonchev–Trinajstić information content (AvgIpc) is 2.09. The second kappa shape index (κ2) is 4.78. The third kappa shape index (κ3) is 2.93. The molecule has 1 rings (SSSR count). The summed E-state index contributed by atoms with van der Waals surface area (Å²) < 4.78 is 0.977. The highest BCUT2D eigenvalue weighted by Crippen LogP contribution is 2.09. The number of rotatable bonds is 3. The van der Waals surface area contributed by atoms with Crippen molar-refractivity contribution in [1.82, 2.24) is 4.98 Å². The van der Waals surface area contributed by atoms with Crippen LogP contribution in [0, 0.1) is 12.3 Å². The largest absolute Gasteiger partial charge is 0.369 e. The number of pyridine rings is 1. The molecular formula is C9H9BrN2. The summed E-state index contributed by atoms with van der Waals surface area (Å²) >= 11 is 3.30. The van der Waals surface area contributed by atoms with E-state index >= 15 is 0 Å². The van der Waals surface area contributed by atoms with Crippen LogP contribution in [-0.4, -0.2) is 11.5 Å². The van der Waals surface area contributed by atoms with Gasteiger partial charge in [0.25, 0.3) is 0 Å². The zero-order chi connectivity index (χ0) is 8.81. The lowest BCUT2D eigenvalue weighted by atomic mass is 10.4. The molecule has 0 bridgehead atoms. The molecule has 0 aliphatic heterocycles. The maximum atomic E-state index is 5.10. The van der Waals surface area contributed by atoms with Gasteiger partial charge in [0.05, 0.1) is 0 Å². The number of hydrogen-bond donors (Lipinski definition) is 1. The quantitative estimate of drug-likeness (QED) is 0.630. The first-order chi connectivity index (χ1) is 5.83. The first-order valence-electron chi connectivity index (χ1n) is 3.62. The van der Waals surface area contributed by atoms with Gasteiger partial charge in [-0.1, -0.05) is 0 Å². The fraction of sp³-hybridized carbons (Fsp3) is 0.222. The number of nitrogens with one attached hydrogen (secondary N) is 1. The molecule has 0 saturated heterocycles. The first-order valence-corrected chi connectivity index (χ1v) is 4.41. The van der Waals surface area contributed by atoms with Gasteiger partial charge in [0, 0.05) is 23.6 Å². The number of anilines is 1. The third-order valence-electron chi connectivity index (χ3n) is 1.30. The Bertz CT molecular complexity index is 274. The van der Waals surface area contributed by atoms with Gasteiger partial charge < -0.3 is 5.32 Å². The molecule has 1 aromatic heterocycles. The minimum atomic E-state index is 0.720. The second-order valence-corrected chi connectivity index (χ2v) is 3.16. The van der Waals surface area contributed by atoms with Crippen molar-refractivity contribution in [1.29, 1.82) is 0 Å². The first kappa shape index (κ1) is 9.08. The Morgan fingerprint density at radius 2 is 2.42 bits per heavy atom. The van der Waals surface area contributed by atoms with Crippen LogP contribution in [-0.2, 0) is 0 Å². The molecule has 2 nitrogen and oxygen atoms in total. The summed E-state index contributed by atoms with van der Waals surface area (Å²) in [5.41, 5.74) is 0. The van der Waals surface area contributed by atoms with Crippen molar-refractivity contribution < 1.29 is 0 Å². The van der Waals surface area contributed by atoms with E-state index in [4.69, 9.17) is 6.42 Å². The summed E-state index contributed by atoms with van der Waals surface area (Å²) in [6.45, 7) is 0.769. The monoisotopic (exact) mass is 224 g/mol. The van der Waals surface area contributed by atoms with E-state index < -0.39 is 0 Å². The summed E-state index contributed by atoms with van der Waals surface area (Å²) in [5.74, 6) is 3.40.